The van der Waals surface area contributed by atoms with Crippen molar-refractivity contribution in [2.24, 2.45) is 28.8 Å². The van der Waals surface area contributed by atoms with Gasteiger partial charge in [0.25, 0.3) is 0 Å². The van der Waals surface area contributed by atoms with Gasteiger partial charge in [-0.05, 0) is 85.8 Å². The number of nitrogens with one attached hydrogen (secondary N) is 1. The van der Waals surface area contributed by atoms with Gasteiger partial charge in [0.1, 0.15) is 11.4 Å². The number of carbonyl (C=O) groups is 2. The largest absolute Gasteiger partial charge is 0.383 e. The van der Waals surface area contributed by atoms with Crippen LogP contribution in [0.2, 0.25) is 0 Å². The zero-order valence-corrected chi connectivity index (χ0v) is 27.4. The van der Waals surface area contributed by atoms with E-state index in [1.165, 1.54) is 24.3 Å². The van der Waals surface area contributed by atoms with Crippen LogP contribution in [0.4, 0.5) is 9.18 Å². The summed E-state index contributed by atoms with van der Waals surface area (Å²) in [5, 5.41) is 20.2. The highest BCUT2D eigenvalue weighted by Gasteiger charge is 2.50. The van der Waals surface area contributed by atoms with E-state index in [0.29, 0.717) is 36.9 Å². The summed E-state index contributed by atoms with van der Waals surface area (Å²) >= 11 is 0. The topological polar surface area (TPSA) is 133 Å². The lowest BCUT2D eigenvalue weighted by Gasteiger charge is -2.34. The number of benzene rings is 2. The Labute approximate surface area is 272 Å². The van der Waals surface area contributed by atoms with E-state index in [2.05, 4.69) is 18.8 Å². The Balaban J connectivity index is 1.26. The highest BCUT2D eigenvalue weighted by atomic mass is 32.2. The van der Waals surface area contributed by atoms with Crippen LogP contribution in [0.25, 0.3) is 0 Å². The van der Waals surface area contributed by atoms with Crippen LogP contribution in [0.5, 0.6) is 0 Å². The summed E-state index contributed by atoms with van der Waals surface area (Å²) in [6.45, 7) is 7.37. The summed E-state index contributed by atoms with van der Waals surface area (Å²) in [7, 11) is -3.79. The van der Waals surface area contributed by atoms with Gasteiger partial charge in [-0.25, -0.2) is 22.7 Å². The van der Waals surface area contributed by atoms with Gasteiger partial charge in [-0.15, -0.1) is 6.58 Å². The highest BCUT2D eigenvalue weighted by molar-refractivity contribution is 7.89. The molecule has 1 saturated heterocycles. The molecule has 9 nitrogen and oxygen atoms in total. The molecule has 2 aromatic rings. The number of amides is 3. The number of hydrogen-bond acceptors (Lipinski definition) is 5. The number of rotatable bonds is 11. The summed E-state index contributed by atoms with van der Waals surface area (Å²) in [5.41, 5.74) is -0.0437. The highest BCUT2D eigenvalue weighted by Crippen LogP contribution is 2.44. The Hall–Kier alpha value is -3.28. The number of sulfonamides is 1. The van der Waals surface area contributed by atoms with E-state index in [0.717, 1.165) is 50.5 Å². The van der Waals surface area contributed by atoms with Gasteiger partial charge in [0, 0.05) is 37.5 Å². The number of urea groups is 1. The molecule has 3 amide bonds. The van der Waals surface area contributed by atoms with Gasteiger partial charge < -0.3 is 20.2 Å². The first-order valence-electron chi connectivity index (χ1n) is 16.4. The quantitative estimate of drug-likeness (QED) is 0.234. The van der Waals surface area contributed by atoms with Gasteiger partial charge in [-0.3, -0.25) is 4.79 Å². The Kier molecular flexibility index (Phi) is 10.5. The zero-order valence-electron chi connectivity index (χ0n) is 26.6. The molecule has 1 aliphatic heterocycles. The van der Waals surface area contributed by atoms with Crippen molar-refractivity contribution in [2.45, 2.75) is 81.4 Å². The molecule has 2 saturated carbocycles. The van der Waals surface area contributed by atoms with E-state index >= 15 is 0 Å². The van der Waals surface area contributed by atoms with Crippen LogP contribution in [-0.2, 0) is 27.0 Å². The molecule has 2 aromatic carbocycles. The standard InChI is InChI=1S/C35H47FN4O5S/c1-3-17-40(34(42)38-21-26-10-15-32(16-11-26)46(37,44)45)31-18-24(2)7-8-25(19-31)9-14-29-22-39(33(41)27-12-13-27)23-35(29,43)28-5-4-6-30(36)20-28/h3-6,10-11,15-16,20,24-25,27,29,31,43H,1,7-9,12-14,17-19,21-23H2,2H3,(H,38,42)(H2,37,44,45)/t24?,25?,29-,31?,35-/m0/s1. The Morgan fingerprint density at radius 2 is 1.87 bits per heavy atom. The molecule has 250 valence electrons. The van der Waals surface area contributed by atoms with Crippen LogP contribution in [0.1, 0.15) is 69.4 Å². The number of β-amino-alcohol motifs (C(OH)–C–C–N with tert-alkyl or cyclic N) is 1. The molecule has 5 rings (SSSR count). The van der Waals surface area contributed by atoms with Crippen molar-refractivity contribution in [1.29, 1.82) is 0 Å². The molecule has 46 heavy (non-hydrogen) atoms. The molecular weight excluding hydrogens is 607 g/mol. The number of halogens is 1. The minimum absolute atomic E-state index is 0.0103. The van der Waals surface area contributed by atoms with E-state index < -0.39 is 21.4 Å². The molecule has 0 bridgehead atoms. The summed E-state index contributed by atoms with van der Waals surface area (Å²) in [6, 6.07) is 12.0. The molecule has 3 unspecified atom stereocenters. The molecule has 2 aliphatic carbocycles. The third kappa shape index (κ3) is 8.16. The SMILES string of the molecule is C=CCN(C(=O)NCc1ccc(S(N)(=O)=O)cc1)C1CC(C)CCC(CC[C@H]2CN(C(=O)C3CC3)C[C@]2(O)c2cccc(F)c2)C1. The van der Waals surface area contributed by atoms with Crippen LogP contribution in [-0.4, -0.2) is 60.9 Å². The van der Waals surface area contributed by atoms with Crippen LogP contribution in [0, 0.1) is 29.5 Å². The predicted molar refractivity (Wildman–Crippen MR) is 174 cm³/mol. The third-order valence-electron chi connectivity index (χ3n) is 10.1. The van der Waals surface area contributed by atoms with E-state index in [9.17, 15) is 27.5 Å². The maximum atomic E-state index is 14.3. The number of likely N-dealkylation sites (tertiary alicyclic amines) is 1. The van der Waals surface area contributed by atoms with Gasteiger partial charge in [-0.2, -0.15) is 0 Å². The first-order valence-corrected chi connectivity index (χ1v) is 18.0. The summed E-state index contributed by atoms with van der Waals surface area (Å²) in [4.78, 5) is 30.2. The molecule has 3 fully saturated rings. The first kappa shape index (κ1) is 34.1. The summed E-state index contributed by atoms with van der Waals surface area (Å²) < 4.78 is 37.4. The molecule has 1 heterocycles. The molecule has 0 spiro atoms. The van der Waals surface area contributed by atoms with Crippen molar-refractivity contribution in [2.75, 3.05) is 19.6 Å². The fraction of sp³-hybridized carbons (Fsp3) is 0.543. The monoisotopic (exact) mass is 654 g/mol. The number of nitrogens with two attached hydrogens (primary N) is 1. The van der Waals surface area contributed by atoms with Gasteiger partial charge in [0.05, 0.1) is 11.4 Å². The van der Waals surface area contributed by atoms with Gasteiger partial charge in [-0.1, -0.05) is 50.1 Å². The summed E-state index contributed by atoms with van der Waals surface area (Å²) in [6.07, 6.45) is 8.74. The molecule has 0 radical (unpaired) electrons. The van der Waals surface area contributed by atoms with Crippen molar-refractivity contribution >= 4 is 22.0 Å². The van der Waals surface area contributed by atoms with Crippen molar-refractivity contribution in [3.63, 3.8) is 0 Å². The second kappa shape index (κ2) is 14.2. The lowest BCUT2D eigenvalue weighted by atomic mass is 9.79. The van der Waals surface area contributed by atoms with Crippen LogP contribution < -0.4 is 10.5 Å². The van der Waals surface area contributed by atoms with Crippen LogP contribution in [0.15, 0.2) is 66.1 Å². The van der Waals surface area contributed by atoms with Crippen LogP contribution in [0.3, 0.4) is 0 Å². The van der Waals surface area contributed by atoms with Gasteiger partial charge in [0.2, 0.25) is 15.9 Å². The number of primary sulfonamides is 1. The van der Waals surface area contributed by atoms with Crippen molar-refractivity contribution in [1.82, 2.24) is 15.1 Å². The molecular formula is C35H47FN4O5S. The minimum Gasteiger partial charge on any atom is -0.383 e. The zero-order chi connectivity index (χ0) is 33.1. The number of carbonyl (C=O) groups excluding carboxylic acids is 2. The molecule has 3 aliphatic rings. The second-order valence-corrected chi connectivity index (χ2v) is 15.2. The van der Waals surface area contributed by atoms with Crippen LogP contribution >= 0.6 is 0 Å². The molecule has 5 atom stereocenters. The maximum absolute atomic E-state index is 14.3. The fourth-order valence-electron chi connectivity index (χ4n) is 7.34. The Morgan fingerprint density at radius 3 is 2.52 bits per heavy atom. The average Bonchev–Trinajstić information content (AvgIpc) is 3.83. The average molecular weight is 655 g/mol. The smallest absolute Gasteiger partial charge is 0.318 e. The predicted octanol–water partition coefficient (Wildman–Crippen LogP) is 4.90. The van der Waals surface area contributed by atoms with Crippen molar-refractivity contribution in [3.8, 4) is 0 Å². The lowest BCUT2D eigenvalue weighted by Crippen LogP contribution is -2.47. The summed E-state index contributed by atoms with van der Waals surface area (Å²) in [5.74, 6) is 0.242. The Morgan fingerprint density at radius 1 is 1.13 bits per heavy atom. The van der Waals surface area contributed by atoms with E-state index in [-0.39, 0.29) is 47.8 Å². The number of nitrogens with zero attached hydrogens (tertiary/aromatic N) is 2. The number of hydrogen-bond donors (Lipinski definition) is 3. The van der Waals surface area contributed by atoms with E-state index in [1.54, 1.807) is 35.2 Å². The minimum atomic E-state index is -3.79. The lowest BCUT2D eigenvalue weighted by molar-refractivity contribution is -0.132. The third-order valence-corrected chi connectivity index (χ3v) is 11.0. The molecule has 4 N–H and O–H groups in total. The van der Waals surface area contributed by atoms with E-state index in [1.807, 2.05) is 4.90 Å². The van der Waals surface area contributed by atoms with Crippen molar-refractivity contribution < 1.29 is 27.5 Å². The molecule has 11 heteroatoms. The second-order valence-electron chi connectivity index (χ2n) is 13.7. The van der Waals surface area contributed by atoms with Gasteiger partial charge in [0.15, 0.2) is 0 Å². The van der Waals surface area contributed by atoms with Crippen molar-refractivity contribution in [3.05, 3.63) is 78.1 Å². The maximum Gasteiger partial charge on any atom is 0.318 e. The van der Waals surface area contributed by atoms with E-state index in [4.69, 9.17) is 5.14 Å². The Bertz CT molecular complexity index is 1520. The normalized spacial score (nSPS) is 26.7. The molecule has 0 aromatic heterocycles. The van der Waals surface area contributed by atoms with Gasteiger partial charge >= 0.3 is 6.03 Å². The first-order chi connectivity index (χ1) is 21.9. The number of aliphatic hydroxyl groups is 1. The fourth-order valence-corrected chi connectivity index (χ4v) is 7.86.